The first-order valence-corrected chi connectivity index (χ1v) is 7.79. The maximum absolute atomic E-state index is 11.2. The van der Waals surface area contributed by atoms with Crippen LogP contribution in [0.15, 0.2) is 29.3 Å². The Bertz CT molecular complexity index is 509. The van der Waals surface area contributed by atoms with E-state index >= 15 is 0 Å². The highest BCUT2D eigenvalue weighted by molar-refractivity contribution is 8.14. The quantitative estimate of drug-likeness (QED) is 0.838. The second-order valence-electron chi connectivity index (χ2n) is 5.26. The summed E-state index contributed by atoms with van der Waals surface area (Å²) < 4.78 is 0. The van der Waals surface area contributed by atoms with E-state index in [0.717, 1.165) is 22.3 Å². The number of Topliss-reactive ketones (excluding diaryl/α,β-unsaturated/α-hetero) is 1. The lowest BCUT2D eigenvalue weighted by Gasteiger charge is -2.23. The van der Waals surface area contributed by atoms with Crippen LogP contribution in [0.1, 0.15) is 36.5 Å². The highest BCUT2D eigenvalue weighted by Gasteiger charge is 2.30. The van der Waals surface area contributed by atoms with Gasteiger partial charge in [0.25, 0.3) is 0 Å². The molecule has 3 rings (SSSR count). The van der Waals surface area contributed by atoms with Gasteiger partial charge in [-0.3, -0.25) is 9.79 Å². The van der Waals surface area contributed by atoms with E-state index in [-0.39, 0.29) is 5.78 Å². The monoisotopic (exact) mass is 274 g/mol. The molecule has 2 aliphatic rings. The number of benzene rings is 1. The lowest BCUT2D eigenvalue weighted by atomic mass is 10.1. The van der Waals surface area contributed by atoms with Gasteiger partial charge in [0.15, 0.2) is 11.0 Å². The molecule has 0 amide bonds. The number of amidine groups is 1. The van der Waals surface area contributed by atoms with Crippen molar-refractivity contribution < 1.29 is 4.79 Å². The first kappa shape index (κ1) is 12.7. The minimum absolute atomic E-state index is 0.102. The molecule has 1 aromatic carbocycles. The number of fused-ring (bicyclic) bond motifs is 1. The smallest absolute Gasteiger partial charge is 0.161 e. The Morgan fingerprint density at radius 3 is 2.84 bits per heavy atom. The van der Waals surface area contributed by atoms with Crippen molar-refractivity contribution in [2.75, 3.05) is 11.1 Å². The molecule has 0 spiro atoms. The van der Waals surface area contributed by atoms with Gasteiger partial charge in [0.05, 0.1) is 6.04 Å². The molecule has 1 N–H and O–H groups in total. The van der Waals surface area contributed by atoms with Gasteiger partial charge in [-0.2, -0.15) is 0 Å². The predicted molar refractivity (Wildman–Crippen MR) is 81.1 cm³/mol. The maximum atomic E-state index is 11.2. The Morgan fingerprint density at radius 1 is 1.32 bits per heavy atom. The molecule has 4 heteroatoms. The first-order chi connectivity index (χ1) is 9.22. The minimum Gasteiger partial charge on any atom is -0.335 e. The van der Waals surface area contributed by atoms with Crippen LogP contribution in [0.25, 0.3) is 0 Å². The number of anilines is 1. The molecule has 0 aromatic heterocycles. The zero-order valence-electron chi connectivity index (χ0n) is 11.1. The fraction of sp³-hybridized carbons (Fsp3) is 0.467. The van der Waals surface area contributed by atoms with Crippen molar-refractivity contribution in [2.24, 2.45) is 10.9 Å². The molecule has 1 fully saturated rings. The van der Waals surface area contributed by atoms with E-state index in [1.165, 1.54) is 25.0 Å². The third-order valence-electron chi connectivity index (χ3n) is 3.88. The Balaban J connectivity index is 1.69. The number of ketones is 1. The second-order valence-corrected chi connectivity index (χ2v) is 6.27. The van der Waals surface area contributed by atoms with Crippen LogP contribution in [0.5, 0.6) is 0 Å². The molecule has 1 aromatic rings. The van der Waals surface area contributed by atoms with Gasteiger partial charge >= 0.3 is 0 Å². The van der Waals surface area contributed by atoms with Crippen LogP contribution in [0, 0.1) is 5.92 Å². The normalized spacial score (nSPS) is 25.6. The number of hydrogen-bond donors (Lipinski definition) is 1. The standard InChI is InChI=1S/C15H18N2OS/c1-10(18)11-5-7-13(8-6-11)16-15-17-14-4-2-3-12(14)9-19-15/h5-8,12,14H,2-4,9H2,1H3,(H,16,17). The summed E-state index contributed by atoms with van der Waals surface area (Å²) in [6, 6.07) is 8.13. The molecule has 19 heavy (non-hydrogen) atoms. The lowest BCUT2D eigenvalue weighted by molar-refractivity contribution is 0.101. The van der Waals surface area contributed by atoms with Gasteiger partial charge in [0.2, 0.25) is 0 Å². The molecular weight excluding hydrogens is 256 g/mol. The summed E-state index contributed by atoms with van der Waals surface area (Å²) in [7, 11) is 0. The van der Waals surface area contributed by atoms with Crippen LogP contribution in [0.4, 0.5) is 5.69 Å². The van der Waals surface area contributed by atoms with Gasteiger partial charge in [0, 0.05) is 17.0 Å². The van der Waals surface area contributed by atoms with E-state index < -0.39 is 0 Å². The fourth-order valence-electron chi connectivity index (χ4n) is 2.74. The van der Waals surface area contributed by atoms with Gasteiger partial charge in [-0.25, -0.2) is 0 Å². The first-order valence-electron chi connectivity index (χ1n) is 6.81. The summed E-state index contributed by atoms with van der Waals surface area (Å²) in [5.74, 6) is 2.07. The number of rotatable bonds is 2. The number of carbonyl (C=O) groups is 1. The minimum atomic E-state index is 0.102. The summed E-state index contributed by atoms with van der Waals surface area (Å²) in [6.45, 7) is 1.59. The van der Waals surface area contributed by atoms with Crippen LogP contribution in [-0.2, 0) is 0 Å². The Labute approximate surface area is 117 Å². The van der Waals surface area contributed by atoms with Crippen molar-refractivity contribution in [3.05, 3.63) is 29.8 Å². The summed E-state index contributed by atoms with van der Waals surface area (Å²) in [5.41, 5.74) is 1.76. The number of hydrogen-bond acceptors (Lipinski definition) is 4. The van der Waals surface area contributed by atoms with Crippen molar-refractivity contribution in [1.82, 2.24) is 0 Å². The molecule has 0 bridgehead atoms. The van der Waals surface area contributed by atoms with Gasteiger partial charge in [0.1, 0.15) is 0 Å². The van der Waals surface area contributed by atoms with Crippen molar-refractivity contribution in [3.8, 4) is 0 Å². The van der Waals surface area contributed by atoms with Gasteiger partial charge < -0.3 is 5.32 Å². The van der Waals surface area contributed by atoms with Gasteiger partial charge in [-0.15, -0.1) is 0 Å². The Kier molecular flexibility index (Phi) is 3.60. The molecule has 2 unspecified atom stereocenters. The maximum Gasteiger partial charge on any atom is 0.161 e. The van der Waals surface area contributed by atoms with Crippen LogP contribution in [0.2, 0.25) is 0 Å². The lowest BCUT2D eigenvalue weighted by Crippen LogP contribution is -2.25. The largest absolute Gasteiger partial charge is 0.335 e. The third-order valence-corrected chi connectivity index (χ3v) is 4.95. The molecule has 0 saturated heterocycles. The van der Waals surface area contributed by atoms with Gasteiger partial charge in [-0.1, -0.05) is 18.2 Å². The number of nitrogens with zero attached hydrogens (tertiary/aromatic N) is 1. The predicted octanol–water partition coefficient (Wildman–Crippen LogP) is 3.57. The summed E-state index contributed by atoms with van der Waals surface area (Å²) in [6.07, 6.45) is 3.89. The van der Waals surface area contributed by atoms with E-state index in [1.54, 1.807) is 6.92 Å². The van der Waals surface area contributed by atoms with E-state index in [2.05, 4.69) is 5.32 Å². The summed E-state index contributed by atoms with van der Waals surface area (Å²) >= 11 is 1.82. The van der Waals surface area contributed by atoms with E-state index in [0.29, 0.717) is 6.04 Å². The number of nitrogens with one attached hydrogen (secondary N) is 1. The molecule has 1 aliphatic heterocycles. The van der Waals surface area contributed by atoms with E-state index in [4.69, 9.17) is 4.99 Å². The third kappa shape index (κ3) is 2.84. The fourth-order valence-corrected chi connectivity index (χ4v) is 3.90. The molecule has 1 heterocycles. The van der Waals surface area contributed by atoms with Crippen LogP contribution < -0.4 is 5.32 Å². The van der Waals surface area contributed by atoms with Gasteiger partial charge in [-0.05, 0) is 49.9 Å². The van der Waals surface area contributed by atoms with Crippen LogP contribution in [-0.4, -0.2) is 22.7 Å². The average molecular weight is 274 g/mol. The average Bonchev–Trinajstić information content (AvgIpc) is 2.87. The highest BCUT2D eigenvalue weighted by atomic mass is 32.2. The Hall–Kier alpha value is -1.29. The molecule has 1 aliphatic carbocycles. The summed E-state index contributed by atoms with van der Waals surface area (Å²) in [4.78, 5) is 16.0. The van der Waals surface area contributed by atoms with Crippen molar-refractivity contribution in [2.45, 2.75) is 32.2 Å². The van der Waals surface area contributed by atoms with E-state index in [9.17, 15) is 4.79 Å². The number of aliphatic imine (C=N–C) groups is 1. The molecule has 2 atom stereocenters. The number of thioether (sulfide) groups is 1. The highest BCUT2D eigenvalue weighted by Crippen LogP contribution is 2.35. The van der Waals surface area contributed by atoms with Crippen molar-refractivity contribution >= 4 is 28.4 Å². The van der Waals surface area contributed by atoms with Crippen LogP contribution in [0.3, 0.4) is 0 Å². The molecule has 0 radical (unpaired) electrons. The summed E-state index contributed by atoms with van der Waals surface area (Å²) in [5, 5.41) is 4.39. The molecule has 3 nitrogen and oxygen atoms in total. The second kappa shape index (κ2) is 5.37. The topological polar surface area (TPSA) is 41.5 Å². The zero-order chi connectivity index (χ0) is 13.2. The van der Waals surface area contributed by atoms with Crippen molar-refractivity contribution in [1.29, 1.82) is 0 Å². The zero-order valence-corrected chi connectivity index (χ0v) is 11.9. The Morgan fingerprint density at radius 2 is 2.11 bits per heavy atom. The molecular formula is C15H18N2OS. The SMILES string of the molecule is CC(=O)c1ccc(NC2=NC3CCCC3CS2)cc1. The van der Waals surface area contributed by atoms with E-state index in [1.807, 2.05) is 36.0 Å². The van der Waals surface area contributed by atoms with Crippen molar-refractivity contribution in [3.63, 3.8) is 0 Å². The molecule has 1 saturated carbocycles. The molecule has 100 valence electrons. The number of carbonyl (C=O) groups excluding carboxylic acids is 1. The van der Waals surface area contributed by atoms with Crippen LogP contribution >= 0.6 is 11.8 Å².